The zero-order chi connectivity index (χ0) is 26.7. The van der Waals surface area contributed by atoms with Crippen LogP contribution in [0, 0.1) is 6.92 Å². The second-order valence-corrected chi connectivity index (χ2v) is 9.70. The SMILES string of the molecule is COc1cc(C(C(=O)NC2CCCC2)N(C(=O)c2snc(C(N)=O)c2N)c2ccccc2C)ccc1O. The van der Waals surface area contributed by atoms with Gasteiger partial charge in [-0.25, -0.2) is 0 Å². The standard InChI is InChI=1S/C26H29N5O5S/c1-14-7-3-6-10-17(14)31(26(35)23-20(27)21(24(28)33)30-37-23)22(25(34)29-16-8-4-5-9-16)15-11-12-18(32)19(13-15)36-2/h3,6-7,10-13,16,22,32H,4-5,8-9,27H2,1-2H3,(H2,28,33)(H,29,34). The van der Waals surface area contributed by atoms with Crippen molar-refractivity contribution in [2.75, 3.05) is 17.7 Å². The first-order valence-electron chi connectivity index (χ1n) is 11.8. The molecule has 37 heavy (non-hydrogen) atoms. The molecule has 1 fully saturated rings. The van der Waals surface area contributed by atoms with E-state index in [2.05, 4.69) is 9.69 Å². The summed E-state index contributed by atoms with van der Waals surface area (Å²) in [6, 6.07) is 10.5. The highest BCUT2D eigenvalue weighted by molar-refractivity contribution is 7.09. The van der Waals surface area contributed by atoms with E-state index in [4.69, 9.17) is 16.2 Å². The average molecular weight is 524 g/mol. The maximum absolute atomic E-state index is 14.1. The number of carbonyl (C=O) groups excluding carboxylic acids is 3. The van der Waals surface area contributed by atoms with Gasteiger partial charge in [-0.1, -0.05) is 37.1 Å². The van der Waals surface area contributed by atoms with Crippen LogP contribution in [0.4, 0.5) is 11.4 Å². The molecule has 1 atom stereocenters. The molecule has 0 radical (unpaired) electrons. The number of nitrogens with one attached hydrogen (secondary N) is 1. The Kier molecular flexibility index (Phi) is 7.63. The average Bonchev–Trinajstić information content (AvgIpc) is 3.52. The highest BCUT2D eigenvalue weighted by Crippen LogP contribution is 2.37. The number of rotatable bonds is 8. The number of phenolic OH excluding ortho intramolecular Hbond substituents is 1. The van der Waals surface area contributed by atoms with Gasteiger partial charge in [0.2, 0.25) is 5.91 Å². The van der Waals surface area contributed by atoms with Crippen molar-refractivity contribution in [3.05, 3.63) is 64.2 Å². The van der Waals surface area contributed by atoms with E-state index in [1.807, 2.05) is 19.1 Å². The molecule has 4 rings (SSSR count). The van der Waals surface area contributed by atoms with E-state index >= 15 is 0 Å². The number of ether oxygens (including phenoxy) is 1. The van der Waals surface area contributed by atoms with Crippen molar-refractivity contribution in [3.8, 4) is 11.5 Å². The Morgan fingerprint density at radius 2 is 1.89 bits per heavy atom. The van der Waals surface area contributed by atoms with Crippen molar-refractivity contribution in [1.29, 1.82) is 0 Å². The molecule has 1 unspecified atom stereocenters. The van der Waals surface area contributed by atoms with Crippen molar-refractivity contribution in [1.82, 2.24) is 9.69 Å². The third-order valence-corrected chi connectivity index (χ3v) is 7.33. The van der Waals surface area contributed by atoms with Gasteiger partial charge in [-0.2, -0.15) is 4.37 Å². The maximum atomic E-state index is 14.1. The number of benzene rings is 2. The van der Waals surface area contributed by atoms with Gasteiger partial charge in [-0.3, -0.25) is 19.3 Å². The third-order valence-electron chi connectivity index (χ3n) is 6.48. The molecule has 2 aromatic carbocycles. The van der Waals surface area contributed by atoms with Crippen LogP contribution in [-0.4, -0.2) is 40.4 Å². The van der Waals surface area contributed by atoms with Crippen LogP contribution in [0.1, 0.15) is 63.0 Å². The summed E-state index contributed by atoms with van der Waals surface area (Å²) in [5.41, 5.74) is 12.8. The Morgan fingerprint density at radius 1 is 1.19 bits per heavy atom. The van der Waals surface area contributed by atoms with Crippen molar-refractivity contribution in [2.24, 2.45) is 5.73 Å². The molecule has 194 valence electrons. The lowest BCUT2D eigenvalue weighted by Crippen LogP contribution is -2.46. The summed E-state index contributed by atoms with van der Waals surface area (Å²) in [7, 11) is 1.40. The summed E-state index contributed by atoms with van der Waals surface area (Å²) in [6.45, 7) is 1.82. The first kappa shape index (κ1) is 26.0. The number of anilines is 2. The van der Waals surface area contributed by atoms with E-state index in [1.54, 1.807) is 18.2 Å². The topological polar surface area (TPSA) is 161 Å². The van der Waals surface area contributed by atoms with E-state index < -0.39 is 23.8 Å². The highest BCUT2D eigenvalue weighted by atomic mass is 32.1. The number of carbonyl (C=O) groups is 3. The summed E-state index contributed by atoms with van der Waals surface area (Å²) in [6.07, 6.45) is 3.71. The van der Waals surface area contributed by atoms with Gasteiger partial charge in [0.1, 0.15) is 10.9 Å². The molecule has 1 heterocycles. The summed E-state index contributed by atoms with van der Waals surface area (Å²) < 4.78 is 9.26. The number of amides is 3. The van der Waals surface area contributed by atoms with Gasteiger partial charge in [0.25, 0.3) is 11.8 Å². The van der Waals surface area contributed by atoms with E-state index in [-0.39, 0.29) is 33.8 Å². The summed E-state index contributed by atoms with van der Waals surface area (Å²) in [5.74, 6) is -1.81. The molecule has 0 spiro atoms. The van der Waals surface area contributed by atoms with E-state index in [9.17, 15) is 19.5 Å². The van der Waals surface area contributed by atoms with Crippen molar-refractivity contribution in [2.45, 2.75) is 44.7 Å². The van der Waals surface area contributed by atoms with Crippen molar-refractivity contribution < 1.29 is 24.2 Å². The van der Waals surface area contributed by atoms with Crippen LogP contribution in [0.5, 0.6) is 11.5 Å². The first-order chi connectivity index (χ1) is 17.7. The largest absolute Gasteiger partial charge is 0.504 e. The summed E-state index contributed by atoms with van der Waals surface area (Å²) in [5, 5.41) is 13.3. The smallest absolute Gasteiger partial charge is 0.273 e. The number of aromatic nitrogens is 1. The Morgan fingerprint density at radius 3 is 2.51 bits per heavy atom. The van der Waals surface area contributed by atoms with Crippen molar-refractivity contribution in [3.63, 3.8) is 0 Å². The number of aryl methyl sites for hydroxylation is 1. The quantitative estimate of drug-likeness (QED) is 0.352. The molecule has 3 amide bonds. The van der Waals surface area contributed by atoms with Gasteiger partial charge in [0.05, 0.1) is 12.8 Å². The fraction of sp³-hybridized carbons (Fsp3) is 0.308. The zero-order valence-electron chi connectivity index (χ0n) is 20.6. The van der Waals surface area contributed by atoms with E-state index in [0.29, 0.717) is 11.3 Å². The summed E-state index contributed by atoms with van der Waals surface area (Å²) >= 11 is 0.745. The van der Waals surface area contributed by atoms with Gasteiger partial charge in [0, 0.05) is 11.7 Å². The minimum absolute atomic E-state index is 0.0125. The molecule has 1 aromatic heterocycles. The Bertz CT molecular complexity index is 1330. The van der Waals surface area contributed by atoms with Crippen LogP contribution in [0.2, 0.25) is 0 Å². The minimum Gasteiger partial charge on any atom is -0.504 e. The fourth-order valence-electron chi connectivity index (χ4n) is 4.57. The van der Waals surface area contributed by atoms with Gasteiger partial charge < -0.3 is 26.6 Å². The first-order valence-corrected chi connectivity index (χ1v) is 12.6. The van der Waals surface area contributed by atoms with Crippen LogP contribution in [-0.2, 0) is 4.79 Å². The maximum Gasteiger partial charge on any atom is 0.273 e. The molecule has 11 heteroatoms. The predicted octanol–water partition coefficient (Wildman–Crippen LogP) is 3.29. The number of hydrogen-bond donors (Lipinski definition) is 4. The molecule has 1 aliphatic carbocycles. The molecular formula is C26H29N5O5S. The van der Waals surface area contributed by atoms with Gasteiger partial charge in [-0.05, 0) is 60.6 Å². The van der Waals surface area contributed by atoms with Crippen LogP contribution >= 0.6 is 11.5 Å². The number of nitrogens with zero attached hydrogens (tertiary/aromatic N) is 2. The molecular weight excluding hydrogens is 494 g/mol. The Balaban J connectivity index is 1.90. The van der Waals surface area contributed by atoms with E-state index in [0.717, 1.165) is 42.8 Å². The molecule has 1 saturated carbocycles. The third kappa shape index (κ3) is 5.21. The molecule has 10 nitrogen and oxygen atoms in total. The fourth-order valence-corrected chi connectivity index (χ4v) is 5.31. The number of primary amides is 1. The second-order valence-electron chi connectivity index (χ2n) is 8.92. The number of methoxy groups -OCH3 is 1. The number of nitrogen functional groups attached to an aromatic ring is 1. The van der Waals surface area contributed by atoms with Gasteiger partial charge in [-0.15, -0.1) is 0 Å². The van der Waals surface area contributed by atoms with Gasteiger partial charge >= 0.3 is 0 Å². The van der Waals surface area contributed by atoms with Gasteiger partial charge in [0.15, 0.2) is 17.2 Å². The van der Waals surface area contributed by atoms with Crippen LogP contribution < -0.4 is 26.4 Å². The molecule has 0 bridgehead atoms. The Hall–Kier alpha value is -4.12. The number of phenols is 1. The van der Waals surface area contributed by atoms with Crippen molar-refractivity contribution >= 4 is 40.6 Å². The van der Waals surface area contributed by atoms with E-state index in [1.165, 1.54) is 24.1 Å². The molecule has 0 saturated heterocycles. The Labute approximate surface area is 218 Å². The number of nitrogens with two attached hydrogens (primary N) is 2. The van der Waals surface area contributed by atoms with Crippen LogP contribution in [0.3, 0.4) is 0 Å². The van der Waals surface area contributed by atoms with Crippen LogP contribution in [0.25, 0.3) is 0 Å². The number of aromatic hydroxyl groups is 1. The molecule has 0 aliphatic heterocycles. The lowest BCUT2D eigenvalue weighted by Gasteiger charge is -2.33. The highest BCUT2D eigenvalue weighted by Gasteiger charge is 2.38. The number of para-hydroxylation sites is 1. The number of hydrogen-bond acceptors (Lipinski definition) is 8. The predicted molar refractivity (Wildman–Crippen MR) is 141 cm³/mol. The second kappa shape index (κ2) is 10.9. The lowest BCUT2D eigenvalue weighted by molar-refractivity contribution is -0.123. The minimum atomic E-state index is -1.15. The lowest BCUT2D eigenvalue weighted by atomic mass is 10.00. The molecule has 6 N–H and O–H groups in total. The van der Waals surface area contributed by atoms with Crippen LogP contribution in [0.15, 0.2) is 42.5 Å². The molecule has 3 aromatic rings. The molecule has 1 aliphatic rings. The summed E-state index contributed by atoms with van der Waals surface area (Å²) in [4.78, 5) is 41.2. The monoisotopic (exact) mass is 523 g/mol. The zero-order valence-corrected chi connectivity index (χ0v) is 21.4. The normalized spacial score (nSPS) is 14.2.